The van der Waals surface area contributed by atoms with Crippen molar-refractivity contribution in [2.75, 3.05) is 13.2 Å². The van der Waals surface area contributed by atoms with Crippen molar-refractivity contribution in [2.24, 2.45) is 0 Å². The van der Waals surface area contributed by atoms with Crippen molar-refractivity contribution in [1.29, 1.82) is 0 Å². The number of ether oxygens (including phenoxy) is 1. The number of benzene rings is 2. The molecule has 0 aromatic heterocycles. The van der Waals surface area contributed by atoms with Crippen LogP contribution in [0.25, 0.3) is 0 Å². The number of rotatable bonds is 4. The number of aliphatic hydroxyl groups excluding tert-OH is 1. The minimum Gasteiger partial charge on any atom is -0.457 e. The average molecular weight is 291 g/mol. The molecule has 0 unspecified atom stereocenters. The molecule has 3 nitrogen and oxygen atoms in total. The van der Waals surface area contributed by atoms with Crippen LogP contribution in [-0.4, -0.2) is 24.2 Å². The summed E-state index contributed by atoms with van der Waals surface area (Å²) in [5.41, 5.74) is 1.62. The van der Waals surface area contributed by atoms with Crippen LogP contribution in [0.1, 0.15) is 17.2 Å². The first-order valence-corrected chi connectivity index (χ1v) is 6.68. The molecule has 0 atom stereocenters. The molecule has 3 rings (SSSR count). The molecule has 0 aliphatic carbocycles. The lowest BCUT2D eigenvalue weighted by Crippen LogP contribution is -2.38. The molecule has 0 spiro atoms. The molecule has 2 aromatic carbocycles. The molecule has 0 bridgehead atoms. The molecule has 0 saturated heterocycles. The van der Waals surface area contributed by atoms with Gasteiger partial charge in [-0.15, -0.1) is 0 Å². The van der Waals surface area contributed by atoms with Gasteiger partial charge in [0.1, 0.15) is 18.1 Å². The zero-order valence-electron chi connectivity index (χ0n) is 11.2. The highest BCUT2D eigenvalue weighted by molar-refractivity contribution is 5.52. The Morgan fingerprint density at radius 1 is 1.00 bits per heavy atom. The first-order valence-electron chi connectivity index (χ1n) is 6.68. The van der Waals surface area contributed by atoms with Gasteiger partial charge < -0.3 is 15.2 Å². The number of nitrogens with one attached hydrogen (secondary N) is 1. The summed E-state index contributed by atoms with van der Waals surface area (Å²) in [6.45, 7) is -1.77. The number of fused-ring (bicyclic) bond motifs is 2. The van der Waals surface area contributed by atoms with E-state index in [-0.39, 0.29) is 6.04 Å². The summed E-state index contributed by atoms with van der Waals surface area (Å²) in [5.74, 6) is -1.84. The van der Waals surface area contributed by atoms with Crippen LogP contribution in [0.3, 0.4) is 0 Å². The normalized spacial score (nSPS) is 14.2. The summed E-state index contributed by atoms with van der Waals surface area (Å²) in [6, 6.07) is 14.3. The van der Waals surface area contributed by atoms with Gasteiger partial charge in [0.05, 0.1) is 12.6 Å². The number of para-hydroxylation sites is 2. The molecule has 2 aromatic rings. The van der Waals surface area contributed by atoms with Crippen LogP contribution in [0, 0.1) is 0 Å². The van der Waals surface area contributed by atoms with Crippen molar-refractivity contribution in [3.05, 3.63) is 59.7 Å². The van der Waals surface area contributed by atoms with Gasteiger partial charge in [-0.1, -0.05) is 36.4 Å². The van der Waals surface area contributed by atoms with E-state index in [0.717, 1.165) is 11.1 Å². The lowest BCUT2D eigenvalue weighted by molar-refractivity contribution is -0.0488. The third-order valence-corrected chi connectivity index (χ3v) is 3.48. The van der Waals surface area contributed by atoms with Crippen LogP contribution < -0.4 is 10.1 Å². The van der Waals surface area contributed by atoms with Crippen molar-refractivity contribution in [2.45, 2.75) is 12.0 Å². The predicted molar refractivity (Wildman–Crippen MR) is 74.8 cm³/mol. The van der Waals surface area contributed by atoms with Gasteiger partial charge >= 0.3 is 0 Å². The summed E-state index contributed by atoms with van der Waals surface area (Å²) in [4.78, 5) is 0. The van der Waals surface area contributed by atoms with E-state index in [2.05, 4.69) is 5.32 Å². The zero-order valence-corrected chi connectivity index (χ0v) is 11.2. The molecule has 0 saturated carbocycles. The van der Waals surface area contributed by atoms with Gasteiger partial charge in [-0.2, -0.15) is 0 Å². The van der Waals surface area contributed by atoms with E-state index in [4.69, 9.17) is 9.84 Å². The molecule has 1 heterocycles. The maximum Gasteiger partial charge on any atom is 0.282 e. The minimum absolute atomic E-state index is 0.386. The number of hydrogen-bond acceptors (Lipinski definition) is 3. The number of hydrogen-bond donors (Lipinski definition) is 2. The van der Waals surface area contributed by atoms with E-state index in [0.29, 0.717) is 11.5 Å². The van der Waals surface area contributed by atoms with Crippen LogP contribution in [0.4, 0.5) is 8.78 Å². The molecule has 1 aliphatic rings. The Bertz CT molecular complexity index is 600. The molecule has 5 heteroatoms. The van der Waals surface area contributed by atoms with E-state index in [1.807, 2.05) is 48.5 Å². The average Bonchev–Trinajstić information content (AvgIpc) is 2.51. The van der Waals surface area contributed by atoms with Gasteiger partial charge in [0.25, 0.3) is 5.92 Å². The van der Waals surface area contributed by atoms with Gasteiger partial charge in [-0.05, 0) is 12.1 Å². The predicted octanol–water partition coefficient (Wildman–Crippen LogP) is 3.10. The highest BCUT2D eigenvalue weighted by Gasteiger charge is 2.32. The SMILES string of the molecule is OCC(F)(F)CNC1c2ccccc2Oc2ccccc21. The van der Waals surface area contributed by atoms with Crippen molar-refractivity contribution in [3.8, 4) is 11.5 Å². The fourth-order valence-electron chi connectivity index (χ4n) is 2.44. The summed E-state index contributed by atoms with van der Waals surface area (Å²) in [7, 11) is 0. The van der Waals surface area contributed by atoms with E-state index < -0.39 is 19.1 Å². The van der Waals surface area contributed by atoms with Gasteiger partial charge in [-0.25, -0.2) is 8.78 Å². The van der Waals surface area contributed by atoms with Crippen LogP contribution >= 0.6 is 0 Å². The highest BCUT2D eigenvalue weighted by atomic mass is 19.3. The Morgan fingerprint density at radius 3 is 2.05 bits per heavy atom. The van der Waals surface area contributed by atoms with E-state index >= 15 is 0 Å². The number of alkyl halides is 2. The lowest BCUT2D eigenvalue weighted by atomic mass is 9.94. The van der Waals surface area contributed by atoms with Crippen LogP contribution in [0.5, 0.6) is 11.5 Å². The van der Waals surface area contributed by atoms with Crippen LogP contribution in [0.15, 0.2) is 48.5 Å². The Kier molecular flexibility index (Phi) is 3.61. The smallest absolute Gasteiger partial charge is 0.282 e. The summed E-state index contributed by atoms with van der Waals surface area (Å²) >= 11 is 0. The quantitative estimate of drug-likeness (QED) is 0.909. The molecule has 2 N–H and O–H groups in total. The third kappa shape index (κ3) is 2.75. The molecular formula is C16H15F2NO2. The Hall–Kier alpha value is -1.98. The fraction of sp³-hybridized carbons (Fsp3) is 0.250. The number of aliphatic hydroxyl groups is 1. The highest BCUT2D eigenvalue weighted by Crippen LogP contribution is 2.42. The second kappa shape index (κ2) is 5.42. The first kappa shape index (κ1) is 14.0. The second-order valence-corrected chi connectivity index (χ2v) is 5.01. The van der Waals surface area contributed by atoms with Gasteiger partial charge in [0.15, 0.2) is 0 Å². The topological polar surface area (TPSA) is 41.5 Å². The Morgan fingerprint density at radius 2 is 1.52 bits per heavy atom. The van der Waals surface area contributed by atoms with Crippen LogP contribution in [0.2, 0.25) is 0 Å². The van der Waals surface area contributed by atoms with E-state index in [9.17, 15) is 8.78 Å². The molecule has 110 valence electrons. The zero-order chi connectivity index (χ0) is 14.9. The lowest BCUT2D eigenvalue weighted by Gasteiger charge is -2.30. The van der Waals surface area contributed by atoms with Gasteiger partial charge in [0.2, 0.25) is 0 Å². The second-order valence-electron chi connectivity index (χ2n) is 5.01. The van der Waals surface area contributed by atoms with Crippen molar-refractivity contribution < 1.29 is 18.6 Å². The van der Waals surface area contributed by atoms with E-state index in [1.54, 1.807) is 0 Å². The maximum absolute atomic E-state index is 13.3. The first-order chi connectivity index (χ1) is 10.1. The van der Waals surface area contributed by atoms with Crippen molar-refractivity contribution in [1.82, 2.24) is 5.32 Å². The van der Waals surface area contributed by atoms with Crippen molar-refractivity contribution >= 4 is 0 Å². The molecule has 1 aliphatic heterocycles. The molecular weight excluding hydrogens is 276 g/mol. The standard InChI is InChI=1S/C16H15F2NO2/c17-16(18,10-20)9-19-15-11-5-1-3-7-13(11)21-14-8-4-2-6-12(14)15/h1-8,15,19-20H,9-10H2. The molecule has 21 heavy (non-hydrogen) atoms. The number of halogens is 2. The third-order valence-electron chi connectivity index (χ3n) is 3.48. The Labute approximate surface area is 121 Å². The summed E-state index contributed by atoms with van der Waals surface area (Å²) in [6.07, 6.45) is 0. The van der Waals surface area contributed by atoms with Gasteiger partial charge in [-0.3, -0.25) is 0 Å². The summed E-state index contributed by atoms with van der Waals surface area (Å²) < 4.78 is 32.4. The summed E-state index contributed by atoms with van der Waals surface area (Å²) in [5, 5.41) is 11.5. The molecule has 0 radical (unpaired) electrons. The molecule has 0 fully saturated rings. The Balaban J connectivity index is 1.95. The van der Waals surface area contributed by atoms with Crippen molar-refractivity contribution in [3.63, 3.8) is 0 Å². The van der Waals surface area contributed by atoms with E-state index in [1.165, 1.54) is 0 Å². The fourth-order valence-corrected chi connectivity index (χ4v) is 2.44. The largest absolute Gasteiger partial charge is 0.457 e. The van der Waals surface area contributed by atoms with Gasteiger partial charge in [0, 0.05) is 11.1 Å². The minimum atomic E-state index is -3.15. The maximum atomic E-state index is 13.3. The molecule has 0 amide bonds. The monoisotopic (exact) mass is 291 g/mol. The van der Waals surface area contributed by atoms with Crippen LogP contribution in [-0.2, 0) is 0 Å².